The van der Waals surface area contributed by atoms with Gasteiger partial charge in [0.25, 0.3) is 0 Å². The normalized spacial score (nSPS) is 18.8. The first-order valence-electron chi connectivity index (χ1n) is 10.7. The molecule has 0 aliphatic carbocycles. The summed E-state index contributed by atoms with van der Waals surface area (Å²) in [5, 5.41) is 11.6. The number of benzene rings is 1. The van der Waals surface area contributed by atoms with Crippen LogP contribution in [0.3, 0.4) is 0 Å². The molecule has 8 heteroatoms. The quantitative estimate of drug-likeness (QED) is 0.786. The van der Waals surface area contributed by atoms with Gasteiger partial charge >= 0.3 is 0 Å². The average Bonchev–Trinajstić information content (AvgIpc) is 3.22. The summed E-state index contributed by atoms with van der Waals surface area (Å²) in [4.78, 5) is 26.9. The standard InChI is InChI=1S/C22H29N5O3/c1-15-7-8-18(30-2)17(12-15)27-14-16(13-21(27)28)22(29)23-10-9-20-25-24-19-6-4-3-5-11-26(19)20/h7-8,12,16H,3-6,9-11,13-14H2,1-2H3,(H,23,29). The lowest BCUT2D eigenvalue weighted by Gasteiger charge is -2.20. The molecule has 1 aromatic heterocycles. The maximum absolute atomic E-state index is 12.7. The summed E-state index contributed by atoms with van der Waals surface area (Å²) >= 11 is 0. The van der Waals surface area contributed by atoms with Gasteiger partial charge in [-0.05, 0) is 37.5 Å². The molecule has 0 spiro atoms. The minimum Gasteiger partial charge on any atom is -0.495 e. The zero-order valence-corrected chi connectivity index (χ0v) is 17.7. The third-order valence-electron chi connectivity index (χ3n) is 5.95. The van der Waals surface area contributed by atoms with E-state index < -0.39 is 0 Å². The second-order valence-corrected chi connectivity index (χ2v) is 8.12. The number of anilines is 1. The molecule has 2 amide bonds. The molecule has 4 rings (SSSR count). The fourth-order valence-corrected chi connectivity index (χ4v) is 4.30. The number of aromatic nitrogens is 3. The van der Waals surface area contributed by atoms with E-state index in [1.165, 1.54) is 6.42 Å². The van der Waals surface area contributed by atoms with Crippen molar-refractivity contribution in [1.29, 1.82) is 0 Å². The Balaban J connectivity index is 1.35. The number of hydrogen-bond acceptors (Lipinski definition) is 5. The third kappa shape index (κ3) is 4.17. The highest BCUT2D eigenvalue weighted by Crippen LogP contribution is 2.33. The molecule has 0 radical (unpaired) electrons. The molecular formula is C22H29N5O3. The fraction of sp³-hybridized carbons (Fsp3) is 0.545. The smallest absolute Gasteiger partial charge is 0.227 e. The summed E-state index contributed by atoms with van der Waals surface area (Å²) in [7, 11) is 1.59. The van der Waals surface area contributed by atoms with E-state index in [9.17, 15) is 9.59 Å². The van der Waals surface area contributed by atoms with Crippen molar-refractivity contribution < 1.29 is 14.3 Å². The first-order chi connectivity index (χ1) is 14.6. The van der Waals surface area contributed by atoms with Gasteiger partial charge in [-0.1, -0.05) is 12.5 Å². The topological polar surface area (TPSA) is 89.3 Å². The second-order valence-electron chi connectivity index (χ2n) is 8.12. The average molecular weight is 412 g/mol. The van der Waals surface area contributed by atoms with Crippen molar-refractivity contribution in [3.63, 3.8) is 0 Å². The van der Waals surface area contributed by atoms with E-state index in [1.807, 2.05) is 25.1 Å². The molecule has 2 aliphatic rings. The van der Waals surface area contributed by atoms with Crippen molar-refractivity contribution in [2.75, 3.05) is 25.1 Å². The number of carbonyl (C=O) groups excluding carboxylic acids is 2. The molecule has 0 bridgehead atoms. The first-order valence-corrected chi connectivity index (χ1v) is 10.7. The molecule has 0 saturated carbocycles. The number of hydrogen-bond donors (Lipinski definition) is 1. The molecular weight excluding hydrogens is 382 g/mol. The van der Waals surface area contributed by atoms with E-state index in [0.717, 1.165) is 48.7 Å². The predicted molar refractivity (Wildman–Crippen MR) is 112 cm³/mol. The van der Waals surface area contributed by atoms with E-state index >= 15 is 0 Å². The number of nitrogens with one attached hydrogen (secondary N) is 1. The van der Waals surface area contributed by atoms with Crippen LogP contribution in [0.4, 0.5) is 5.69 Å². The number of ether oxygens (including phenoxy) is 1. The monoisotopic (exact) mass is 411 g/mol. The largest absolute Gasteiger partial charge is 0.495 e. The Bertz CT molecular complexity index is 939. The van der Waals surface area contributed by atoms with Crippen molar-refractivity contribution in [2.24, 2.45) is 5.92 Å². The van der Waals surface area contributed by atoms with Crippen LogP contribution >= 0.6 is 0 Å². The summed E-state index contributed by atoms with van der Waals surface area (Å²) in [5.41, 5.74) is 1.77. The number of aryl methyl sites for hydroxylation is 2. The molecule has 1 saturated heterocycles. The molecule has 1 unspecified atom stereocenters. The summed E-state index contributed by atoms with van der Waals surface area (Å²) in [6.45, 7) is 3.79. The van der Waals surface area contributed by atoms with Crippen LogP contribution in [-0.2, 0) is 29.0 Å². The summed E-state index contributed by atoms with van der Waals surface area (Å²) in [6, 6.07) is 5.72. The van der Waals surface area contributed by atoms with Gasteiger partial charge in [-0.2, -0.15) is 0 Å². The Morgan fingerprint density at radius 1 is 1.27 bits per heavy atom. The number of rotatable bonds is 6. The highest BCUT2D eigenvalue weighted by Gasteiger charge is 2.36. The van der Waals surface area contributed by atoms with Gasteiger partial charge < -0.3 is 19.5 Å². The number of carbonyl (C=O) groups is 2. The maximum Gasteiger partial charge on any atom is 0.227 e. The SMILES string of the molecule is COc1ccc(C)cc1N1CC(C(=O)NCCc2nnc3n2CCCCC3)CC1=O. The molecule has 8 nitrogen and oxygen atoms in total. The zero-order valence-electron chi connectivity index (χ0n) is 17.7. The molecule has 1 atom stereocenters. The van der Waals surface area contributed by atoms with Gasteiger partial charge in [0.15, 0.2) is 0 Å². The molecule has 1 fully saturated rings. The van der Waals surface area contributed by atoms with Crippen LogP contribution in [0, 0.1) is 12.8 Å². The van der Waals surface area contributed by atoms with Crippen molar-refractivity contribution >= 4 is 17.5 Å². The number of amides is 2. The van der Waals surface area contributed by atoms with Gasteiger partial charge in [-0.15, -0.1) is 10.2 Å². The van der Waals surface area contributed by atoms with Crippen molar-refractivity contribution in [3.8, 4) is 5.75 Å². The zero-order chi connectivity index (χ0) is 21.1. The summed E-state index contributed by atoms with van der Waals surface area (Å²) in [5.74, 6) is 2.12. The van der Waals surface area contributed by atoms with Crippen LogP contribution in [-0.4, -0.2) is 46.8 Å². The van der Waals surface area contributed by atoms with E-state index in [0.29, 0.717) is 25.3 Å². The van der Waals surface area contributed by atoms with Crippen molar-refractivity contribution in [3.05, 3.63) is 35.4 Å². The van der Waals surface area contributed by atoms with Crippen LogP contribution in [0.15, 0.2) is 18.2 Å². The predicted octanol–water partition coefficient (Wildman–Crippen LogP) is 2.03. The molecule has 2 aromatic rings. The highest BCUT2D eigenvalue weighted by molar-refractivity contribution is 6.01. The van der Waals surface area contributed by atoms with Crippen molar-refractivity contribution in [2.45, 2.75) is 52.0 Å². The van der Waals surface area contributed by atoms with E-state index in [4.69, 9.17) is 4.74 Å². The minimum atomic E-state index is -0.363. The summed E-state index contributed by atoms with van der Waals surface area (Å²) < 4.78 is 7.61. The van der Waals surface area contributed by atoms with E-state index in [-0.39, 0.29) is 24.2 Å². The van der Waals surface area contributed by atoms with Gasteiger partial charge in [-0.3, -0.25) is 9.59 Å². The molecule has 2 aliphatic heterocycles. The van der Waals surface area contributed by atoms with Crippen LogP contribution in [0.1, 0.15) is 42.9 Å². The Morgan fingerprint density at radius 3 is 2.97 bits per heavy atom. The third-order valence-corrected chi connectivity index (χ3v) is 5.95. The lowest BCUT2D eigenvalue weighted by Crippen LogP contribution is -2.34. The molecule has 30 heavy (non-hydrogen) atoms. The fourth-order valence-electron chi connectivity index (χ4n) is 4.30. The van der Waals surface area contributed by atoms with Crippen LogP contribution in [0.5, 0.6) is 5.75 Å². The van der Waals surface area contributed by atoms with Gasteiger partial charge in [0.05, 0.1) is 18.7 Å². The van der Waals surface area contributed by atoms with Gasteiger partial charge in [0.1, 0.15) is 17.4 Å². The molecule has 160 valence electrons. The Hall–Kier alpha value is -2.90. The first kappa shape index (κ1) is 20.4. The lowest BCUT2D eigenvalue weighted by molar-refractivity contribution is -0.126. The van der Waals surface area contributed by atoms with Crippen LogP contribution in [0.25, 0.3) is 0 Å². The molecule has 3 heterocycles. The minimum absolute atomic E-state index is 0.0539. The van der Waals surface area contributed by atoms with Crippen LogP contribution in [0.2, 0.25) is 0 Å². The molecule has 1 aromatic carbocycles. The molecule has 1 N–H and O–H groups in total. The van der Waals surface area contributed by atoms with E-state index in [1.54, 1.807) is 12.0 Å². The number of fused-ring (bicyclic) bond motifs is 1. The second kappa shape index (κ2) is 8.85. The Kier molecular flexibility index (Phi) is 6.01. The highest BCUT2D eigenvalue weighted by atomic mass is 16.5. The van der Waals surface area contributed by atoms with Gasteiger partial charge in [-0.25, -0.2) is 0 Å². The van der Waals surface area contributed by atoms with Crippen molar-refractivity contribution in [1.82, 2.24) is 20.1 Å². The summed E-state index contributed by atoms with van der Waals surface area (Å²) in [6.07, 6.45) is 5.36. The van der Waals surface area contributed by atoms with Crippen LogP contribution < -0.4 is 15.0 Å². The Labute approximate surface area is 176 Å². The Morgan fingerprint density at radius 2 is 2.13 bits per heavy atom. The van der Waals surface area contributed by atoms with E-state index in [2.05, 4.69) is 20.1 Å². The van der Waals surface area contributed by atoms with Gasteiger partial charge in [0, 0.05) is 38.9 Å². The lowest BCUT2D eigenvalue weighted by atomic mass is 10.1. The van der Waals surface area contributed by atoms with Gasteiger partial charge in [0.2, 0.25) is 11.8 Å². The number of methoxy groups -OCH3 is 1. The number of nitrogens with zero attached hydrogens (tertiary/aromatic N) is 4. The maximum atomic E-state index is 12.7.